The van der Waals surface area contributed by atoms with Gasteiger partial charge in [-0.1, -0.05) is 48.6 Å². The van der Waals surface area contributed by atoms with Gasteiger partial charge < -0.3 is 20.0 Å². The van der Waals surface area contributed by atoms with Gasteiger partial charge in [-0.05, 0) is 35.1 Å². The van der Waals surface area contributed by atoms with Crippen molar-refractivity contribution in [1.82, 2.24) is 0 Å². The molecule has 1 N–H and O–H groups in total. The van der Waals surface area contributed by atoms with Crippen LogP contribution < -0.4 is 10.4 Å². The van der Waals surface area contributed by atoms with E-state index < -0.39 is 5.97 Å². The number of para-hydroxylation sites is 1. The molecule has 3 atom stereocenters. The third-order valence-corrected chi connectivity index (χ3v) is 5.31. The van der Waals surface area contributed by atoms with E-state index in [0.29, 0.717) is 11.5 Å². The van der Waals surface area contributed by atoms with Crippen molar-refractivity contribution in [3.05, 3.63) is 76.9 Å². The molecule has 2 aliphatic rings. The number of carbonyl (C=O) groups excluding carboxylic acids is 2. The number of aromatic carboxylic acids is 1. The molecule has 0 bridgehead atoms. The monoisotopic (exact) mass is 348 g/mol. The second-order valence-corrected chi connectivity index (χ2v) is 6.65. The number of hydrogen-bond donors (Lipinski definition) is 1. The molecular weight excluding hydrogens is 330 g/mol. The summed E-state index contributed by atoms with van der Waals surface area (Å²) in [7, 11) is 1.37. The second kappa shape index (κ2) is 6.33. The quantitative estimate of drug-likeness (QED) is 0.681. The van der Waals surface area contributed by atoms with Gasteiger partial charge in [0.05, 0.1) is 30.4 Å². The summed E-state index contributed by atoms with van der Waals surface area (Å²) in [5.41, 5.74) is 3.54. The molecule has 0 spiro atoms. The number of ether oxygens (including phenoxy) is 1. The molecule has 0 unspecified atom stereocenters. The maximum Gasteiger partial charge on any atom is 0.339 e. The normalized spacial score (nSPS) is 22.9. The number of nitrogens with one attached hydrogen (secondary N) is 1. The van der Waals surface area contributed by atoms with Gasteiger partial charge in [0.15, 0.2) is 0 Å². The fourth-order valence-electron chi connectivity index (χ4n) is 4.06. The van der Waals surface area contributed by atoms with Gasteiger partial charge in [-0.15, -0.1) is 0 Å². The van der Waals surface area contributed by atoms with Gasteiger partial charge in [0.25, 0.3) is 0 Å². The summed E-state index contributed by atoms with van der Waals surface area (Å²) in [5, 5.41) is 14.5. The summed E-state index contributed by atoms with van der Waals surface area (Å²) in [6.45, 7) is 0. The van der Waals surface area contributed by atoms with Crippen LogP contribution in [0.5, 0.6) is 0 Å². The Kier molecular flexibility index (Phi) is 3.99. The molecule has 1 aliphatic heterocycles. The Labute approximate surface area is 151 Å². The number of hydrogen-bond acceptors (Lipinski definition) is 5. The molecule has 2 aromatic carbocycles. The number of carbonyl (C=O) groups is 2. The SMILES string of the molecule is COC(=O)c1cccc2c1N[C@@H](c1ccc(C(=O)[O-])cc1)[C@H]1CC=C[C@H]21. The third kappa shape index (κ3) is 2.56. The van der Waals surface area contributed by atoms with Crippen molar-refractivity contribution in [1.29, 1.82) is 0 Å². The van der Waals surface area contributed by atoms with E-state index in [2.05, 4.69) is 17.5 Å². The summed E-state index contributed by atoms with van der Waals surface area (Å²) in [6.07, 6.45) is 5.28. The maximum absolute atomic E-state index is 12.2. The molecule has 0 aromatic heterocycles. The van der Waals surface area contributed by atoms with Crippen LogP contribution in [0.25, 0.3) is 0 Å². The largest absolute Gasteiger partial charge is 0.545 e. The minimum atomic E-state index is -1.19. The van der Waals surface area contributed by atoms with Gasteiger partial charge in [-0.25, -0.2) is 4.79 Å². The lowest BCUT2D eigenvalue weighted by Crippen LogP contribution is -2.30. The average Bonchev–Trinajstić information content (AvgIpc) is 3.16. The molecule has 5 heteroatoms. The molecule has 0 fully saturated rings. The van der Waals surface area contributed by atoms with E-state index >= 15 is 0 Å². The lowest BCUT2D eigenvalue weighted by molar-refractivity contribution is -0.255. The molecule has 1 heterocycles. The van der Waals surface area contributed by atoms with Crippen molar-refractivity contribution < 1.29 is 19.4 Å². The number of esters is 1. The van der Waals surface area contributed by atoms with Crippen LogP contribution in [-0.4, -0.2) is 19.0 Å². The van der Waals surface area contributed by atoms with Gasteiger partial charge in [-0.2, -0.15) is 0 Å². The van der Waals surface area contributed by atoms with Crippen LogP contribution in [0.3, 0.4) is 0 Å². The highest BCUT2D eigenvalue weighted by atomic mass is 16.5. The molecule has 1 aliphatic carbocycles. The van der Waals surface area contributed by atoms with Crippen molar-refractivity contribution in [2.45, 2.75) is 18.4 Å². The van der Waals surface area contributed by atoms with E-state index in [1.165, 1.54) is 7.11 Å². The van der Waals surface area contributed by atoms with Gasteiger partial charge in [-0.3, -0.25) is 0 Å². The summed E-state index contributed by atoms with van der Waals surface area (Å²) < 4.78 is 4.93. The summed E-state index contributed by atoms with van der Waals surface area (Å²) in [5.74, 6) is -1.04. The molecule has 0 radical (unpaired) electrons. The summed E-state index contributed by atoms with van der Waals surface area (Å²) in [4.78, 5) is 23.2. The molecule has 0 saturated heterocycles. The van der Waals surface area contributed by atoms with Crippen molar-refractivity contribution >= 4 is 17.6 Å². The number of allylic oxidation sites excluding steroid dienone is 2. The highest BCUT2D eigenvalue weighted by molar-refractivity contribution is 5.97. The van der Waals surface area contributed by atoms with E-state index in [1.807, 2.05) is 24.3 Å². The highest BCUT2D eigenvalue weighted by Gasteiger charge is 2.39. The number of methoxy groups -OCH3 is 1. The minimum absolute atomic E-state index is 0.0240. The molecule has 0 amide bonds. The Hall–Kier alpha value is -3.08. The smallest absolute Gasteiger partial charge is 0.339 e. The van der Waals surface area contributed by atoms with E-state index in [0.717, 1.165) is 23.2 Å². The van der Waals surface area contributed by atoms with Crippen LogP contribution in [0.15, 0.2) is 54.6 Å². The van der Waals surface area contributed by atoms with E-state index in [-0.39, 0.29) is 23.5 Å². The zero-order valence-corrected chi connectivity index (χ0v) is 14.3. The number of carboxylic acid groups (broad SMARTS) is 1. The predicted molar refractivity (Wildman–Crippen MR) is 94.9 cm³/mol. The Morgan fingerprint density at radius 2 is 1.92 bits per heavy atom. The first kappa shape index (κ1) is 16.4. The minimum Gasteiger partial charge on any atom is -0.545 e. The fourth-order valence-corrected chi connectivity index (χ4v) is 4.06. The van der Waals surface area contributed by atoms with Gasteiger partial charge in [0, 0.05) is 5.92 Å². The molecule has 5 nitrogen and oxygen atoms in total. The number of benzene rings is 2. The van der Waals surface area contributed by atoms with Crippen LogP contribution in [0.2, 0.25) is 0 Å². The van der Waals surface area contributed by atoms with E-state index in [4.69, 9.17) is 4.74 Å². The molecule has 4 rings (SSSR count). The Morgan fingerprint density at radius 3 is 2.62 bits per heavy atom. The van der Waals surface area contributed by atoms with Crippen molar-refractivity contribution in [3.8, 4) is 0 Å². The topological polar surface area (TPSA) is 78.5 Å². The van der Waals surface area contributed by atoms with E-state index in [9.17, 15) is 14.7 Å². The van der Waals surface area contributed by atoms with Crippen LogP contribution >= 0.6 is 0 Å². The van der Waals surface area contributed by atoms with Crippen LogP contribution in [0.4, 0.5) is 5.69 Å². The Balaban J connectivity index is 1.78. The van der Waals surface area contributed by atoms with Gasteiger partial charge >= 0.3 is 5.97 Å². The van der Waals surface area contributed by atoms with Gasteiger partial charge in [0.1, 0.15) is 0 Å². The van der Waals surface area contributed by atoms with E-state index in [1.54, 1.807) is 18.2 Å². The first-order valence-corrected chi connectivity index (χ1v) is 8.56. The predicted octanol–water partition coefficient (Wildman–Crippen LogP) is 2.66. The highest BCUT2D eigenvalue weighted by Crippen LogP contribution is 2.50. The Morgan fingerprint density at radius 1 is 1.15 bits per heavy atom. The number of fused-ring (bicyclic) bond motifs is 3. The lowest BCUT2D eigenvalue weighted by Gasteiger charge is -2.38. The number of rotatable bonds is 3. The van der Waals surface area contributed by atoms with Crippen molar-refractivity contribution in [3.63, 3.8) is 0 Å². The van der Waals surface area contributed by atoms with Crippen LogP contribution in [0.1, 0.15) is 50.2 Å². The Bertz CT molecular complexity index is 901. The standard InChI is InChI=1S/C21H19NO4/c1-26-21(25)17-7-3-6-16-14-4-2-5-15(14)18(22-19(16)17)12-8-10-13(11-9-12)20(23)24/h2-4,6-11,14-15,18,22H,5H2,1H3,(H,23,24)/p-1/t14-,15-,18-/m0/s1. The molecule has 2 aromatic rings. The maximum atomic E-state index is 12.2. The summed E-state index contributed by atoms with van der Waals surface area (Å²) >= 11 is 0. The number of anilines is 1. The molecule has 26 heavy (non-hydrogen) atoms. The zero-order valence-electron chi connectivity index (χ0n) is 14.3. The molecular formula is C21H18NO4-. The zero-order chi connectivity index (χ0) is 18.3. The first-order valence-electron chi connectivity index (χ1n) is 8.56. The lowest BCUT2D eigenvalue weighted by atomic mass is 9.76. The van der Waals surface area contributed by atoms with Crippen LogP contribution in [0, 0.1) is 5.92 Å². The van der Waals surface area contributed by atoms with Crippen molar-refractivity contribution in [2.75, 3.05) is 12.4 Å². The third-order valence-electron chi connectivity index (χ3n) is 5.31. The average molecular weight is 348 g/mol. The molecule has 0 saturated carbocycles. The fraction of sp³-hybridized carbons (Fsp3) is 0.238. The first-order chi connectivity index (χ1) is 12.6. The molecule has 132 valence electrons. The summed E-state index contributed by atoms with van der Waals surface area (Å²) in [6, 6.07) is 12.4. The van der Waals surface area contributed by atoms with Crippen molar-refractivity contribution in [2.24, 2.45) is 5.92 Å². The number of carboxylic acids is 1. The van der Waals surface area contributed by atoms with Crippen LogP contribution in [-0.2, 0) is 4.74 Å². The second-order valence-electron chi connectivity index (χ2n) is 6.65. The van der Waals surface area contributed by atoms with Gasteiger partial charge in [0.2, 0.25) is 0 Å².